The molecule has 1 aromatic carbocycles. The zero-order valence-corrected chi connectivity index (χ0v) is 12.6. The molecule has 3 aromatic rings. The maximum Gasteiger partial charge on any atom is 0.263 e. The number of nitrogens with one attached hydrogen (secondary N) is 1. The summed E-state index contributed by atoms with van der Waals surface area (Å²) in [5, 5.41) is 5.35. The average Bonchev–Trinajstić information content (AvgIpc) is 3.08. The molecule has 0 spiro atoms. The molecule has 0 aliphatic heterocycles. The molecule has 3 rings (SSSR count). The Hall–Kier alpha value is -1.99. The molecule has 0 unspecified atom stereocenters. The molecule has 0 bridgehead atoms. The lowest BCUT2D eigenvalue weighted by molar-refractivity contribution is 0.0959. The molecule has 0 saturated carbocycles. The van der Waals surface area contributed by atoms with Gasteiger partial charge in [-0.25, -0.2) is 9.37 Å². The fourth-order valence-electron chi connectivity index (χ4n) is 2.00. The first-order chi connectivity index (χ1) is 10.1. The van der Waals surface area contributed by atoms with Crippen LogP contribution in [0.15, 0.2) is 29.1 Å². The Balaban J connectivity index is 1.73. The van der Waals surface area contributed by atoms with Gasteiger partial charge in [-0.2, -0.15) is 0 Å². The van der Waals surface area contributed by atoms with Crippen LogP contribution in [0.3, 0.4) is 0 Å². The Morgan fingerprint density at radius 1 is 1.43 bits per heavy atom. The molecule has 1 amide bonds. The van der Waals surface area contributed by atoms with E-state index in [0.717, 1.165) is 10.4 Å². The number of thiophene rings is 1. The number of aromatic nitrogens is 1. The van der Waals surface area contributed by atoms with Crippen molar-refractivity contribution in [2.45, 2.75) is 6.42 Å². The molecule has 2 aromatic heterocycles. The van der Waals surface area contributed by atoms with Gasteiger partial charge in [-0.3, -0.25) is 4.79 Å². The van der Waals surface area contributed by atoms with Crippen molar-refractivity contribution in [1.29, 1.82) is 0 Å². The van der Waals surface area contributed by atoms with Gasteiger partial charge in [0.1, 0.15) is 10.7 Å². The molecule has 0 fully saturated rings. The first kappa shape index (κ1) is 14.0. The van der Waals surface area contributed by atoms with Gasteiger partial charge in [-0.1, -0.05) is 0 Å². The number of fused-ring (bicyclic) bond motifs is 1. The monoisotopic (exact) mass is 321 g/mol. The lowest BCUT2D eigenvalue weighted by Gasteiger charge is -2.02. The van der Waals surface area contributed by atoms with Crippen molar-refractivity contribution in [2.24, 2.45) is 0 Å². The molecule has 4 nitrogen and oxygen atoms in total. The molecule has 0 aliphatic carbocycles. The maximum absolute atomic E-state index is 13.2. The van der Waals surface area contributed by atoms with Gasteiger partial charge in [0, 0.05) is 28.4 Å². The van der Waals surface area contributed by atoms with Gasteiger partial charge in [-0.05, 0) is 18.2 Å². The van der Waals surface area contributed by atoms with E-state index in [1.54, 1.807) is 11.6 Å². The van der Waals surface area contributed by atoms with Crippen LogP contribution in [-0.2, 0) is 6.42 Å². The molecule has 2 heterocycles. The van der Waals surface area contributed by atoms with Gasteiger partial charge >= 0.3 is 0 Å². The summed E-state index contributed by atoms with van der Waals surface area (Å²) in [5.74, 6) is -0.591. The van der Waals surface area contributed by atoms with Gasteiger partial charge in [-0.15, -0.1) is 22.7 Å². The van der Waals surface area contributed by atoms with E-state index >= 15 is 0 Å². The van der Waals surface area contributed by atoms with Gasteiger partial charge < -0.3 is 11.1 Å². The first-order valence-electron chi connectivity index (χ1n) is 6.28. The van der Waals surface area contributed by atoms with E-state index in [0.29, 0.717) is 28.9 Å². The van der Waals surface area contributed by atoms with Crippen LogP contribution in [0.2, 0.25) is 0 Å². The summed E-state index contributed by atoms with van der Waals surface area (Å²) >= 11 is 2.80. The Labute approximate surface area is 128 Å². The third-order valence-electron chi connectivity index (χ3n) is 3.04. The van der Waals surface area contributed by atoms with Gasteiger partial charge in [0.15, 0.2) is 0 Å². The van der Waals surface area contributed by atoms with E-state index in [-0.39, 0.29) is 11.7 Å². The van der Waals surface area contributed by atoms with E-state index < -0.39 is 0 Å². The molecular formula is C14H12FN3OS2. The topological polar surface area (TPSA) is 68.0 Å². The van der Waals surface area contributed by atoms with Crippen LogP contribution in [0.5, 0.6) is 0 Å². The van der Waals surface area contributed by atoms with Crippen molar-refractivity contribution in [1.82, 2.24) is 10.3 Å². The first-order valence-corrected chi connectivity index (χ1v) is 8.04. The van der Waals surface area contributed by atoms with Gasteiger partial charge in [0.2, 0.25) is 0 Å². The summed E-state index contributed by atoms with van der Waals surface area (Å²) in [6.07, 6.45) is 0.675. The SMILES string of the molecule is Nc1c(C(=O)NCCc2cscn2)sc2ccc(F)cc12. The number of rotatable bonds is 4. The average molecular weight is 321 g/mol. The summed E-state index contributed by atoms with van der Waals surface area (Å²) in [5.41, 5.74) is 8.99. The standard InChI is InChI=1S/C14H12FN3OS2/c15-8-1-2-11-10(5-8)12(16)13(21-11)14(19)17-4-3-9-6-20-7-18-9/h1-2,5-7H,3-4,16H2,(H,17,19). The number of thiazole rings is 1. The minimum absolute atomic E-state index is 0.232. The highest BCUT2D eigenvalue weighted by Crippen LogP contribution is 2.33. The van der Waals surface area contributed by atoms with Crippen LogP contribution in [0.4, 0.5) is 10.1 Å². The Morgan fingerprint density at radius 2 is 2.29 bits per heavy atom. The minimum Gasteiger partial charge on any atom is -0.397 e. The van der Waals surface area contributed by atoms with Gasteiger partial charge in [0.25, 0.3) is 5.91 Å². The number of hydrogen-bond acceptors (Lipinski definition) is 5. The maximum atomic E-state index is 13.2. The molecule has 0 radical (unpaired) electrons. The van der Waals surface area contributed by atoms with Crippen molar-refractivity contribution < 1.29 is 9.18 Å². The lowest BCUT2D eigenvalue weighted by Crippen LogP contribution is -2.25. The lowest BCUT2D eigenvalue weighted by atomic mass is 10.2. The number of carbonyl (C=O) groups is 1. The Morgan fingerprint density at radius 3 is 3.05 bits per heavy atom. The van der Waals surface area contributed by atoms with Crippen LogP contribution in [-0.4, -0.2) is 17.4 Å². The quantitative estimate of drug-likeness (QED) is 0.776. The number of nitrogens with zero attached hydrogens (tertiary/aromatic N) is 1. The molecule has 0 saturated heterocycles. The second-order valence-electron chi connectivity index (χ2n) is 4.47. The Bertz CT molecular complexity index is 783. The molecule has 108 valence electrons. The molecule has 0 atom stereocenters. The van der Waals surface area contributed by atoms with Gasteiger partial charge in [0.05, 0.1) is 16.9 Å². The van der Waals surface area contributed by atoms with Crippen molar-refractivity contribution in [3.63, 3.8) is 0 Å². The molecule has 3 N–H and O–H groups in total. The van der Waals surface area contributed by atoms with E-state index in [1.807, 2.05) is 5.38 Å². The predicted octanol–water partition coefficient (Wildman–Crippen LogP) is 3.05. The van der Waals surface area contributed by atoms with Crippen LogP contribution in [0.25, 0.3) is 10.1 Å². The summed E-state index contributed by atoms with van der Waals surface area (Å²) in [6, 6.07) is 4.35. The van der Waals surface area contributed by atoms with Crippen molar-refractivity contribution in [3.05, 3.63) is 45.5 Å². The largest absolute Gasteiger partial charge is 0.397 e. The number of carbonyl (C=O) groups excluding carboxylic acids is 1. The predicted molar refractivity (Wildman–Crippen MR) is 84.3 cm³/mol. The van der Waals surface area contributed by atoms with E-state index in [9.17, 15) is 9.18 Å². The van der Waals surface area contributed by atoms with E-state index in [2.05, 4.69) is 10.3 Å². The third-order valence-corrected chi connectivity index (χ3v) is 4.87. The molecule has 21 heavy (non-hydrogen) atoms. The molecule has 7 heteroatoms. The fraction of sp³-hybridized carbons (Fsp3) is 0.143. The second kappa shape index (κ2) is 5.79. The van der Waals surface area contributed by atoms with E-state index in [4.69, 9.17) is 5.73 Å². The zero-order valence-electron chi connectivity index (χ0n) is 10.9. The highest BCUT2D eigenvalue weighted by molar-refractivity contribution is 7.21. The molecule has 0 aliphatic rings. The van der Waals surface area contributed by atoms with Crippen LogP contribution >= 0.6 is 22.7 Å². The van der Waals surface area contributed by atoms with Crippen molar-refractivity contribution >= 4 is 44.4 Å². The number of anilines is 1. The minimum atomic E-state index is -0.359. The van der Waals surface area contributed by atoms with Crippen LogP contribution in [0.1, 0.15) is 15.4 Å². The van der Waals surface area contributed by atoms with E-state index in [1.165, 1.54) is 34.8 Å². The van der Waals surface area contributed by atoms with Crippen molar-refractivity contribution in [2.75, 3.05) is 12.3 Å². The Kier molecular flexibility index (Phi) is 3.85. The number of amides is 1. The fourth-order valence-corrected chi connectivity index (χ4v) is 3.62. The number of benzene rings is 1. The highest BCUT2D eigenvalue weighted by Gasteiger charge is 2.16. The summed E-state index contributed by atoms with van der Waals surface area (Å²) in [7, 11) is 0. The second-order valence-corrected chi connectivity index (χ2v) is 6.24. The summed E-state index contributed by atoms with van der Waals surface area (Å²) < 4.78 is 14.0. The summed E-state index contributed by atoms with van der Waals surface area (Å²) in [4.78, 5) is 16.7. The zero-order chi connectivity index (χ0) is 14.8. The number of halogens is 1. The summed E-state index contributed by atoms with van der Waals surface area (Å²) in [6.45, 7) is 0.491. The number of nitrogens with two attached hydrogens (primary N) is 1. The normalized spacial score (nSPS) is 10.9. The number of nitrogen functional groups attached to an aromatic ring is 1. The smallest absolute Gasteiger partial charge is 0.263 e. The third kappa shape index (κ3) is 2.88. The van der Waals surface area contributed by atoms with Crippen LogP contribution in [0, 0.1) is 5.82 Å². The van der Waals surface area contributed by atoms with Crippen LogP contribution < -0.4 is 11.1 Å². The van der Waals surface area contributed by atoms with Crippen molar-refractivity contribution in [3.8, 4) is 0 Å². The molecular weight excluding hydrogens is 309 g/mol. The number of hydrogen-bond donors (Lipinski definition) is 2. The highest BCUT2D eigenvalue weighted by atomic mass is 32.1.